The summed E-state index contributed by atoms with van der Waals surface area (Å²) < 4.78 is 35.8. The number of hydrogen-bond acceptors (Lipinski definition) is 3. The molecule has 114 valence electrons. The maximum absolute atomic E-state index is 11.9. The monoisotopic (exact) mass is 283 g/mol. The number of alkyl halides is 3. The third kappa shape index (κ3) is 12.0. The van der Waals surface area contributed by atoms with Crippen LogP contribution in [0.4, 0.5) is 13.2 Å². The molecule has 0 rings (SSSR count). The lowest BCUT2D eigenvalue weighted by molar-refractivity contribution is -0.138. The number of halogens is 3. The minimum atomic E-state index is -4.36. The van der Waals surface area contributed by atoms with E-state index in [-0.39, 0.29) is 12.6 Å². The molecule has 0 heterocycles. The lowest BCUT2D eigenvalue weighted by Crippen LogP contribution is -2.45. The van der Waals surface area contributed by atoms with Gasteiger partial charge in [0.05, 0.1) is 6.54 Å². The van der Waals surface area contributed by atoms with Crippen LogP contribution < -0.4 is 10.6 Å². The third-order valence-electron chi connectivity index (χ3n) is 2.38. The van der Waals surface area contributed by atoms with Crippen LogP contribution in [-0.2, 0) is 4.79 Å². The zero-order valence-corrected chi connectivity index (χ0v) is 12.0. The number of nitrogens with zero attached hydrogens (tertiary/aromatic N) is 1. The molecule has 2 N–H and O–H groups in total. The first-order valence-electron chi connectivity index (χ1n) is 6.31. The predicted molar refractivity (Wildman–Crippen MR) is 68.9 cm³/mol. The van der Waals surface area contributed by atoms with E-state index in [0.717, 1.165) is 13.0 Å². The minimum absolute atomic E-state index is 0.0895. The molecule has 0 aliphatic rings. The highest BCUT2D eigenvalue weighted by Gasteiger charge is 2.27. The third-order valence-corrected chi connectivity index (χ3v) is 2.38. The summed E-state index contributed by atoms with van der Waals surface area (Å²) in [5, 5.41) is 4.84. The van der Waals surface area contributed by atoms with Crippen LogP contribution in [0.15, 0.2) is 0 Å². The van der Waals surface area contributed by atoms with Crippen LogP contribution in [0.1, 0.15) is 20.3 Å². The summed E-state index contributed by atoms with van der Waals surface area (Å²) in [6.07, 6.45) is -3.50. The second kappa shape index (κ2) is 8.37. The van der Waals surface area contributed by atoms with E-state index in [1.807, 2.05) is 24.3 Å². The van der Waals surface area contributed by atoms with Gasteiger partial charge in [0.1, 0.15) is 6.54 Å². The van der Waals surface area contributed by atoms with Crippen molar-refractivity contribution in [3.63, 3.8) is 0 Å². The molecule has 0 aliphatic carbocycles. The van der Waals surface area contributed by atoms with E-state index >= 15 is 0 Å². The molecule has 19 heavy (non-hydrogen) atoms. The van der Waals surface area contributed by atoms with Crippen molar-refractivity contribution in [3.8, 4) is 0 Å². The van der Waals surface area contributed by atoms with Gasteiger partial charge in [-0.15, -0.1) is 0 Å². The molecule has 0 saturated heterocycles. The van der Waals surface area contributed by atoms with Gasteiger partial charge in [-0.1, -0.05) is 13.8 Å². The number of carbonyl (C=O) groups excluding carboxylic acids is 1. The van der Waals surface area contributed by atoms with Crippen molar-refractivity contribution in [2.75, 3.05) is 33.7 Å². The SMILES string of the molecule is CC(C)CC(CN(C)C)NCC(=O)NCC(F)(F)F. The maximum Gasteiger partial charge on any atom is 0.405 e. The lowest BCUT2D eigenvalue weighted by atomic mass is 10.0. The molecular formula is C12H24F3N3O. The Kier molecular flexibility index (Phi) is 8.01. The summed E-state index contributed by atoms with van der Waals surface area (Å²) in [6, 6.07) is 0.0895. The average Bonchev–Trinajstić information content (AvgIpc) is 2.20. The van der Waals surface area contributed by atoms with Crippen molar-refractivity contribution in [1.82, 2.24) is 15.5 Å². The summed E-state index contributed by atoms with van der Waals surface area (Å²) in [4.78, 5) is 13.3. The van der Waals surface area contributed by atoms with Crippen LogP contribution in [0, 0.1) is 5.92 Å². The molecule has 0 aromatic carbocycles. The molecule has 0 aromatic heterocycles. The summed E-state index contributed by atoms with van der Waals surface area (Å²) in [7, 11) is 3.83. The first-order chi connectivity index (χ1) is 8.60. The molecule has 0 spiro atoms. The Labute approximate surface area is 112 Å². The van der Waals surface area contributed by atoms with Crippen LogP contribution >= 0.6 is 0 Å². The Morgan fingerprint density at radius 3 is 2.26 bits per heavy atom. The van der Waals surface area contributed by atoms with Gasteiger partial charge in [-0.2, -0.15) is 13.2 Å². The zero-order valence-electron chi connectivity index (χ0n) is 12.0. The Morgan fingerprint density at radius 1 is 1.26 bits per heavy atom. The molecule has 0 radical (unpaired) electrons. The molecule has 0 bridgehead atoms. The van der Waals surface area contributed by atoms with Crippen molar-refractivity contribution in [2.45, 2.75) is 32.5 Å². The Morgan fingerprint density at radius 2 is 1.84 bits per heavy atom. The predicted octanol–water partition coefficient (Wildman–Crippen LogP) is 1.23. The van der Waals surface area contributed by atoms with Crippen molar-refractivity contribution < 1.29 is 18.0 Å². The highest BCUT2D eigenvalue weighted by atomic mass is 19.4. The van der Waals surface area contributed by atoms with Gasteiger partial charge in [0, 0.05) is 12.6 Å². The van der Waals surface area contributed by atoms with Gasteiger partial charge >= 0.3 is 6.18 Å². The van der Waals surface area contributed by atoms with Gasteiger partial charge in [0.15, 0.2) is 0 Å². The van der Waals surface area contributed by atoms with E-state index < -0.39 is 18.6 Å². The van der Waals surface area contributed by atoms with E-state index in [4.69, 9.17) is 0 Å². The first kappa shape index (κ1) is 18.2. The van der Waals surface area contributed by atoms with E-state index in [1.165, 1.54) is 0 Å². The molecule has 0 fully saturated rings. The highest BCUT2D eigenvalue weighted by Crippen LogP contribution is 2.12. The fraction of sp³-hybridized carbons (Fsp3) is 0.917. The van der Waals surface area contributed by atoms with Gasteiger partial charge < -0.3 is 15.5 Å². The Hall–Kier alpha value is -0.820. The first-order valence-corrected chi connectivity index (χ1v) is 6.31. The Balaban J connectivity index is 4.05. The van der Waals surface area contributed by atoms with E-state index in [0.29, 0.717) is 5.92 Å². The maximum atomic E-state index is 11.9. The molecule has 4 nitrogen and oxygen atoms in total. The van der Waals surface area contributed by atoms with Gasteiger partial charge in [-0.25, -0.2) is 0 Å². The molecule has 0 aromatic rings. The normalized spacial score (nSPS) is 13.9. The van der Waals surface area contributed by atoms with Gasteiger partial charge in [-0.05, 0) is 26.4 Å². The number of nitrogens with one attached hydrogen (secondary N) is 2. The lowest BCUT2D eigenvalue weighted by Gasteiger charge is -2.23. The zero-order chi connectivity index (χ0) is 15.1. The minimum Gasteiger partial charge on any atom is -0.346 e. The molecule has 1 atom stereocenters. The van der Waals surface area contributed by atoms with Crippen molar-refractivity contribution in [2.24, 2.45) is 5.92 Å². The van der Waals surface area contributed by atoms with Crippen LogP contribution in [0.2, 0.25) is 0 Å². The average molecular weight is 283 g/mol. The largest absolute Gasteiger partial charge is 0.405 e. The quantitative estimate of drug-likeness (QED) is 0.704. The number of likely N-dealkylation sites (N-methyl/N-ethyl adjacent to an activating group) is 1. The summed E-state index contributed by atoms with van der Waals surface area (Å²) in [5.41, 5.74) is 0. The molecule has 1 unspecified atom stereocenters. The smallest absolute Gasteiger partial charge is 0.346 e. The van der Waals surface area contributed by atoms with Crippen molar-refractivity contribution in [1.29, 1.82) is 0 Å². The van der Waals surface area contributed by atoms with E-state index in [1.54, 1.807) is 0 Å². The topological polar surface area (TPSA) is 44.4 Å². The van der Waals surface area contributed by atoms with Gasteiger partial charge in [-0.3, -0.25) is 4.79 Å². The number of amides is 1. The summed E-state index contributed by atoms with van der Waals surface area (Å²) in [5.74, 6) is -0.180. The van der Waals surface area contributed by atoms with Crippen molar-refractivity contribution in [3.05, 3.63) is 0 Å². The van der Waals surface area contributed by atoms with E-state index in [9.17, 15) is 18.0 Å². The summed E-state index contributed by atoms with van der Waals surface area (Å²) in [6.45, 7) is 3.49. The summed E-state index contributed by atoms with van der Waals surface area (Å²) >= 11 is 0. The molecule has 1 amide bonds. The fourth-order valence-corrected chi connectivity index (χ4v) is 1.73. The van der Waals surface area contributed by atoms with Gasteiger partial charge in [0.25, 0.3) is 0 Å². The second-order valence-corrected chi connectivity index (χ2v) is 5.36. The molecule has 0 aliphatic heterocycles. The Bertz CT molecular complexity index is 257. The standard InChI is InChI=1S/C12H24F3N3O/c1-9(2)5-10(7-18(3)4)16-6-11(19)17-8-12(13,14)15/h9-10,16H,5-8H2,1-4H3,(H,17,19). The highest BCUT2D eigenvalue weighted by molar-refractivity contribution is 5.78. The number of rotatable bonds is 8. The van der Waals surface area contributed by atoms with E-state index in [2.05, 4.69) is 19.2 Å². The van der Waals surface area contributed by atoms with Crippen molar-refractivity contribution >= 4 is 5.91 Å². The molecule has 7 heteroatoms. The van der Waals surface area contributed by atoms with Gasteiger partial charge in [0.2, 0.25) is 5.91 Å². The van der Waals surface area contributed by atoms with Crippen LogP contribution in [0.5, 0.6) is 0 Å². The molecular weight excluding hydrogens is 259 g/mol. The van der Waals surface area contributed by atoms with Crippen LogP contribution in [0.25, 0.3) is 0 Å². The number of carbonyl (C=O) groups is 1. The van der Waals surface area contributed by atoms with Crippen LogP contribution in [-0.4, -0.2) is 56.8 Å². The fourth-order valence-electron chi connectivity index (χ4n) is 1.73. The number of hydrogen-bond donors (Lipinski definition) is 2. The second-order valence-electron chi connectivity index (χ2n) is 5.36. The van der Waals surface area contributed by atoms with Crippen LogP contribution in [0.3, 0.4) is 0 Å². The molecule has 0 saturated carbocycles.